The summed E-state index contributed by atoms with van der Waals surface area (Å²) in [7, 11) is -2.49. The van der Waals surface area contributed by atoms with Gasteiger partial charge in [-0.15, -0.1) is 0 Å². The van der Waals surface area contributed by atoms with Crippen LogP contribution in [0.1, 0.15) is 72.6 Å². The molecule has 3 heterocycles. The second kappa shape index (κ2) is 14.7. The van der Waals surface area contributed by atoms with Gasteiger partial charge in [-0.3, -0.25) is 19.1 Å². The minimum absolute atomic E-state index is 0.0110. The van der Waals surface area contributed by atoms with Crippen LogP contribution >= 0.6 is 0 Å². The summed E-state index contributed by atoms with van der Waals surface area (Å²) in [4.78, 5) is 60.4. The Kier molecular flexibility index (Phi) is 10.6. The molecule has 7 atom stereocenters. The Morgan fingerprint density at radius 2 is 1.91 bits per heavy atom. The summed E-state index contributed by atoms with van der Waals surface area (Å²) in [6, 6.07) is 3.01. The van der Waals surface area contributed by atoms with Crippen LogP contribution in [0.3, 0.4) is 0 Å². The van der Waals surface area contributed by atoms with Crippen molar-refractivity contribution in [2.24, 2.45) is 17.8 Å². The van der Waals surface area contributed by atoms with Crippen molar-refractivity contribution < 1.29 is 46.9 Å². The van der Waals surface area contributed by atoms with Crippen LogP contribution in [-0.2, 0) is 24.4 Å². The zero-order chi connectivity index (χ0) is 38.3. The first kappa shape index (κ1) is 38.1. The third-order valence-electron chi connectivity index (χ3n) is 11.1. The van der Waals surface area contributed by atoms with E-state index in [-0.39, 0.29) is 31.2 Å². The lowest BCUT2D eigenvalue weighted by molar-refractivity contribution is -0.142. The van der Waals surface area contributed by atoms with Crippen molar-refractivity contribution in [3.05, 3.63) is 36.5 Å². The largest absolute Gasteiger partial charge is 0.494 e. The fourth-order valence-corrected chi connectivity index (χ4v) is 8.88. The van der Waals surface area contributed by atoms with E-state index in [0.29, 0.717) is 54.6 Å². The van der Waals surface area contributed by atoms with Crippen LogP contribution in [0, 0.1) is 17.8 Å². The van der Waals surface area contributed by atoms with E-state index >= 15 is 0 Å². The van der Waals surface area contributed by atoms with Gasteiger partial charge < -0.3 is 34.9 Å². The number of hydrogen-bond donors (Lipinski definition) is 4. The molecule has 6 rings (SSSR count). The van der Waals surface area contributed by atoms with Crippen molar-refractivity contribution in [2.45, 2.75) is 101 Å². The number of fused-ring (bicyclic) bond motifs is 3. The number of carbonyl (C=O) groups is 4. The predicted molar refractivity (Wildman–Crippen MR) is 194 cm³/mol. The summed E-state index contributed by atoms with van der Waals surface area (Å²) < 4.78 is 45.1. The smallest absolute Gasteiger partial charge is 0.405 e. The first-order valence-corrected chi connectivity index (χ1v) is 19.7. The van der Waals surface area contributed by atoms with Crippen LogP contribution in [0.4, 0.5) is 4.79 Å². The maximum Gasteiger partial charge on any atom is 0.405 e. The molecule has 0 bridgehead atoms. The van der Waals surface area contributed by atoms with Gasteiger partial charge in [-0.05, 0) is 82.4 Å². The number of carboxylic acid groups (broad SMARTS) is 1. The summed E-state index contributed by atoms with van der Waals surface area (Å²) in [5, 5.41) is 16.3. The molecule has 0 spiro atoms. The van der Waals surface area contributed by atoms with Gasteiger partial charge in [-0.25, -0.2) is 18.2 Å². The van der Waals surface area contributed by atoms with E-state index in [9.17, 15) is 32.7 Å². The molecule has 4 N–H and O–H groups in total. The van der Waals surface area contributed by atoms with E-state index in [1.165, 1.54) is 18.2 Å². The fourth-order valence-electron chi connectivity index (χ4n) is 7.57. The molecular weight excluding hydrogens is 706 g/mol. The topological polar surface area (TPSA) is 203 Å². The normalized spacial score (nSPS) is 30.4. The number of rotatable bonds is 9. The molecule has 2 saturated carbocycles. The van der Waals surface area contributed by atoms with Crippen molar-refractivity contribution >= 4 is 44.6 Å². The molecule has 2 aliphatic carbocycles. The van der Waals surface area contributed by atoms with Crippen LogP contribution in [0.2, 0.25) is 0 Å². The predicted octanol–water partition coefficient (Wildman–Crippen LogP) is 3.51. The van der Waals surface area contributed by atoms with E-state index in [1.54, 1.807) is 32.0 Å². The lowest BCUT2D eigenvalue weighted by atomic mass is 9.88. The van der Waals surface area contributed by atoms with E-state index in [4.69, 9.17) is 14.2 Å². The number of allylic oxidation sites excluding steroid dienone is 1. The van der Waals surface area contributed by atoms with Crippen LogP contribution in [0.5, 0.6) is 17.4 Å². The van der Waals surface area contributed by atoms with Crippen LogP contribution in [0.15, 0.2) is 36.5 Å². The van der Waals surface area contributed by atoms with E-state index in [1.807, 2.05) is 26.0 Å². The molecule has 53 heavy (non-hydrogen) atoms. The molecule has 15 nitrogen and oxygen atoms in total. The standard InChI is InChI=1S/C37H49N5O10S/c1-6-51-24-11-12-26-27(16-24)29(50-5)19-38-32(26)52-25-17-28-31(43)40-37(34(45)41-53(48,49)36(4)13-14-36)18-23(37)10-8-7-9-21(2)15-22(3)30(39-35(46)47)33(44)42(28)20-25/h8,10-12,16,19,21-23,25,28,30,39H,6-7,9,13-15,17-18,20H2,1-5H3,(H,40,43)(H,41,45)(H,46,47)/b10-8-/t21-,22-,23-,25-,28+,30+,37-/m1/s1. The van der Waals surface area contributed by atoms with Gasteiger partial charge in [0.2, 0.25) is 27.7 Å². The number of carbonyl (C=O) groups excluding carboxylic acids is 3. The maximum absolute atomic E-state index is 14.4. The highest BCUT2D eigenvalue weighted by Gasteiger charge is 2.63. The van der Waals surface area contributed by atoms with Gasteiger partial charge >= 0.3 is 6.09 Å². The zero-order valence-corrected chi connectivity index (χ0v) is 31.5. The van der Waals surface area contributed by atoms with Crippen molar-refractivity contribution in [1.82, 2.24) is 25.2 Å². The first-order chi connectivity index (χ1) is 25.1. The highest BCUT2D eigenvalue weighted by atomic mass is 32.2. The zero-order valence-electron chi connectivity index (χ0n) is 30.7. The number of nitrogens with one attached hydrogen (secondary N) is 3. The van der Waals surface area contributed by atoms with Gasteiger partial charge in [0.25, 0.3) is 5.91 Å². The lowest BCUT2D eigenvalue weighted by Crippen LogP contribution is -2.59. The molecule has 1 aromatic carbocycles. The van der Waals surface area contributed by atoms with Crippen LogP contribution in [0.25, 0.3) is 10.8 Å². The molecule has 288 valence electrons. The third kappa shape index (κ3) is 7.73. The maximum atomic E-state index is 14.4. The number of benzene rings is 1. The lowest BCUT2D eigenvalue weighted by Gasteiger charge is -2.32. The molecule has 0 unspecified atom stereocenters. The summed E-state index contributed by atoms with van der Waals surface area (Å²) in [6.45, 7) is 7.66. The Labute approximate surface area is 309 Å². The van der Waals surface area contributed by atoms with Crippen molar-refractivity contribution in [2.75, 3.05) is 20.3 Å². The molecule has 4 aliphatic rings. The van der Waals surface area contributed by atoms with Gasteiger partial charge in [0.15, 0.2) is 0 Å². The highest BCUT2D eigenvalue weighted by molar-refractivity contribution is 7.91. The number of hydrogen-bond acceptors (Lipinski definition) is 10. The number of methoxy groups -OCH3 is 1. The number of amides is 4. The number of sulfonamides is 1. The second-order valence-corrected chi connectivity index (χ2v) is 17.4. The summed E-state index contributed by atoms with van der Waals surface area (Å²) in [6.07, 6.45) is 6.06. The molecule has 16 heteroatoms. The van der Waals surface area contributed by atoms with Crippen LogP contribution < -0.4 is 29.6 Å². The molecule has 4 amide bonds. The van der Waals surface area contributed by atoms with Gasteiger partial charge in [0.1, 0.15) is 35.2 Å². The Morgan fingerprint density at radius 1 is 1.15 bits per heavy atom. The molecule has 1 aromatic heterocycles. The van der Waals surface area contributed by atoms with E-state index < -0.39 is 74.1 Å². The van der Waals surface area contributed by atoms with Crippen molar-refractivity contribution in [3.8, 4) is 17.4 Å². The average Bonchev–Trinajstić information content (AvgIpc) is 3.98. The Balaban J connectivity index is 1.34. The molecule has 3 fully saturated rings. The van der Waals surface area contributed by atoms with Crippen molar-refractivity contribution in [3.63, 3.8) is 0 Å². The number of aromatic nitrogens is 1. The Hall–Kier alpha value is -4.60. The monoisotopic (exact) mass is 755 g/mol. The van der Waals surface area contributed by atoms with Gasteiger partial charge in [0.05, 0.1) is 31.2 Å². The summed E-state index contributed by atoms with van der Waals surface area (Å²) in [5.41, 5.74) is -1.55. The Bertz CT molecular complexity index is 1920. The second-order valence-electron chi connectivity index (χ2n) is 15.2. The van der Waals surface area contributed by atoms with Gasteiger partial charge in [0, 0.05) is 23.1 Å². The molecular formula is C37H49N5O10S. The number of pyridine rings is 1. The SMILES string of the molecule is CCOc1ccc2c(O[C@@H]3C[C@H]4C(=O)N[C@]5(C(=O)NS(=O)(=O)C6(C)CC6)C[C@H]5/C=C\CC[C@@H](C)C[C@@H](C)[C@H](NC(=O)O)C(=O)N4C3)ncc(OC)c2c1. The minimum Gasteiger partial charge on any atom is -0.494 e. The third-order valence-corrected chi connectivity index (χ3v) is 13.3. The van der Waals surface area contributed by atoms with Gasteiger partial charge in [-0.2, -0.15) is 0 Å². The average molecular weight is 756 g/mol. The van der Waals surface area contributed by atoms with Crippen molar-refractivity contribution in [1.29, 1.82) is 0 Å². The summed E-state index contributed by atoms with van der Waals surface area (Å²) >= 11 is 0. The quantitative estimate of drug-likeness (QED) is 0.273. The van der Waals surface area contributed by atoms with E-state index in [0.717, 1.165) is 6.42 Å². The number of nitrogens with zero attached hydrogens (tertiary/aromatic N) is 2. The molecule has 0 radical (unpaired) electrons. The van der Waals surface area contributed by atoms with Gasteiger partial charge in [-0.1, -0.05) is 26.0 Å². The fraction of sp³-hybridized carbons (Fsp3) is 0.595. The summed E-state index contributed by atoms with van der Waals surface area (Å²) in [5.74, 6) is -1.54. The molecule has 1 saturated heterocycles. The molecule has 2 aliphatic heterocycles. The highest BCUT2D eigenvalue weighted by Crippen LogP contribution is 2.47. The minimum atomic E-state index is -4.01. The first-order valence-electron chi connectivity index (χ1n) is 18.2. The number of ether oxygens (including phenoxy) is 3. The van der Waals surface area contributed by atoms with Crippen LogP contribution in [-0.4, -0.2) is 96.0 Å². The van der Waals surface area contributed by atoms with E-state index in [2.05, 4.69) is 20.3 Å². The molecule has 2 aromatic rings. The Morgan fingerprint density at radius 3 is 2.58 bits per heavy atom.